The van der Waals surface area contributed by atoms with E-state index in [1.807, 2.05) is 0 Å². The Morgan fingerprint density at radius 2 is 1.88 bits per heavy atom. The maximum Gasteiger partial charge on any atom is 0.332 e. The first-order valence-corrected chi connectivity index (χ1v) is 9.33. The number of anilines is 1. The highest BCUT2D eigenvalue weighted by atomic mass is 32.2. The summed E-state index contributed by atoms with van der Waals surface area (Å²) in [4.78, 5) is 12.3. The molecule has 0 bridgehead atoms. The smallest absolute Gasteiger partial charge is 0.332 e. The molecule has 8 heteroatoms. The van der Waals surface area contributed by atoms with E-state index in [9.17, 15) is 13.2 Å². The molecular formula is C17H17NO6S. The highest BCUT2D eigenvalue weighted by Gasteiger charge is 2.23. The average molecular weight is 363 g/mol. The number of carbonyl (C=O) groups excluding carboxylic acids is 1. The SMILES string of the molecule is Cc1ccccc1N(CC(=O)Oc1ccc2c(c1)OCO2)S(C)(=O)=O. The van der Waals surface area contributed by atoms with Crippen LogP contribution in [0.15, 0.2) is 42.5 Å². The third-order valence-electron chi connectivity index (χ3n) is 3.63. The zero-order chi connectivity index (χ0) is 18.0. The van der Waals surface area contributed by atoms with Gasteiger partial charge in [0, 0.05) is 6.07 Å². The van der Waals surface area contributed by atoms with Gasteiger partial charge in [-0.1, -0.05) is 18.2 Å². The van der Waals surface area contributed by atoms with Gasteiger partial charge in [-0.25, -0.2) is 13.2 Å². The molecule has 2 aromatic rings. The molecule has 0 aliphatic carbocycles. The molecule has 0 saturated heterocycles. The molecule has 132 valence electrons. The maximum atomic E-state index is 12.3. The Balaban J connectivity index is 1.78. The molecule has 1 aliphatic heterocycles. The standard InChI is InChI=1S/C17H17NO6S/c1-12-5-3-4-6-14(12)18(25(2,20)21)10-17(19)24-13-7-8-15-16(9-13)23-11-22-15/h3-9H,10-11H2,1-2H3. The summed E-state index contributed by atoms with van der Waals surface area (Å²) in [5.74, 6) is 0.599. The zero-order valence-electron chi connectivity index (χ0n) is 13.8. The van der Waals surface area contributed by atoms with Gasteiger partial charge >= 0.3 is 5.97 Å². The monoisotopic (exact) mass is 363 g/mol. The summed E-state index contributed by atoms with van der Waals surface area (Å²) in [5, 5.41) is 0. The van der Waals surface area contributed by atoms with Crippen LogP contribution in [0.25, 0.3) is 0 Å². The van der Waals surface area contributed by atoms with Crippen LogP contribution in [0.2, 0.25) is 0 Å². The molecule has 1 aliphatic rings. The minimum atomic E-state index is -3.65. The van der Waals surface area contributed by atoms with Crippen LogP contribution in [-0.4, -0.2) is 34.0 Å². The first-order valence-electron chi connectivity index (χ1n) is 7.48. The van der Waals surface area contributed by atoms with Gasteiger partial charge in [0.2, 0.25) is 16.8 Å². The van der Waals surface area contributed by atoms with Crippen molar-refractivity contribution in [2.24, 2.45) is 0 Å². The van der Waals surface area contributed by atoms with Crippen molar-refractivity contribution in [3.8, 4) is 17.2 Å². The minimum Gasteiger partial charge on any atom is -0.454 e. The van der Waals surface area contributed by atoms with Gasteiger partial charge in [-0.2, -0.15) is 0 Å². The van der Waals surface area contributed by atoms with Crippen molar-refractivity contribution in [2.75, 3.05) is 23.9 Å². The van der Waals surface area contributed by atoms with E-state index in [2.05, 4.69) is 0 Å². The fourth-order valence-electron chi connectivity index (χ4n) is 2.45. The van der Waals surface area contributed by atoms with Crippen LogP contribution in [-0.2, 0) is 14.8 Å². The van der Waals surface area contributed by atoms with Crippen molar-refractivity contribution in [1.82, 2.24) is 0 Å². The number of benzene rings is 2. The largest absolute Gasteiger partial charge is 0.454 e. The minimum absolute atomic E-state index is 0.113. The molecule has 0 radical (unpaired) electrons. The summed E-state index contributed by atoms with van der Waals surface area (Å²) in [7, 11) is -3.65. The highest BCUT2D eigenvalue weighted by molar-refractivity contribution is 7.92. The quantitative estimate of drug-likeness (QED) is 0.598. The van der Waals surface area contributed by atoms with Gasteiger partial charge in [-0.15, -0.1) is 0 Å². The number of sulfonamides is 1. The molecule has 1 heterocycles. The molecule has 0 saturated carbocycles. The Hall–Kier alpha value is -2.74. The summed E-state index contributed by atoms with van der Waals surface area (Å²) in [6, 6.07) is 11.6. The Labute approximate surface area is 145 Å². The third-order valence-corrected chi connectivity index (χ3v) is 4.76. The number of ether oxygens (including phenoxy) is 3. The first-order chi connectivity index (χ1) is 11.8. The number of aryl methyl sites for hydroxylation is 1. The molecule has 3 rings (SSSR count). The lowest BCUT2D eigenvalue weighted by Gasteiger charge is -2.23. The second-order valence-electron chi connectivity index (χ2n) is 5.55. The van der Waals surface area contributed by atoms with Crippen molar-refractivity contribution in [3.63, 3.8) is 0 Å². The fraction of sp³-hybridized carbons (Fsp3) is 0.235. The van der Waals surface area contributed by atoms with Crippen LogP contribution < -0.4 is 18.5 Å². The summed E-state index contributed by atoms with van der Waals surface area (Å²) >= 11 is 0. The van der Waals surface area contributed by atoms with E-state index < -0.39 is 22.5 Å². The highest BCUT2D eigenvalue weighted by Crippen LogP contribution is 2.35. The van der Waals surface area contributed by atoms with Crippen LogP contribution in [0, 0.1) is 6.92 Å². The van der Waals surface area contributed by atoms with Crippen molar-refractivity contribution in [2.45, 2.75) is 6.92 Å². The molecule has 0 amide bonds. The van der Waals surface area contributed by atoms with Gasteiger partial charge in [-0.3, -0.25) is 4.31 Å². The second kappa shape index (κ2) is 6.64. The summed E-state index contributed by atoms with van der Waals surface area (Å²) in [6.45, 7) is 1.46. The van der Waals surface area contributed by atoms with E-state index in [-0.39, 0.29) is 12.5 Å². The molecule has 0 N–H and O–H groups in total. The lowest BCUT2D eigenvalue weighted by molar-refractivity contribution is -0.132. The van der Waals surface area contributed by atoms with E-state index in [0.29, 0.717) is 17.2 Å². The predicted molar refractivity (Wildman–Crippen MR) is 91.6 cm³/mol. The summed E-state index contributed by atoms with van der Waals surface area (Å²) in [5.41, 5.74) is 1.18. The van der Waals surface area contributed by atoms with Crippen LogP contribution in [0.3, 0.4) is 0 Å². The Kier molecular flexibility index (Phi) is 4.54. The second-order valence-corrected chi connectivity index (χ2v) is 7.45. The van der Waals surface area contributed by atoms with Gasteiger partial charge in [0.05, 0.1) is 11.9 Å². The molecule has 0 fully saturated rings. The summed E-state index contributed by atoms with van der Waals surface area (Å²) < 4.78 is 40.9. The lowest BCUT2D eigenvalue weighted by atomic mass is 10.2. The zero-order valence-corrected chi connectivity index (χ0v) is 14.6. The maximum absolute atomic E-state index is 12.3. The number of hydrogen-bond acceptors (Lipinski definition) is 6. The van der Waals surface area contributed by atoms with Crippen LogP contribution in [0.4, 0.5) is 5.69 Å². The number of fused-ring (bicyclic) bond motifs is 1. The molecule has 25 heavy (non-hydrogen) atoms. The van der Waals surface area contributed by atoms with Crippen LogP contribution in [0.5, 0.6) is 17.2 Å². The van der Waals surface area contributed by atoms with Crippen molar-refractivity contribution in [1.29, 1.82) is 0 Å². The van der Waals surface area contributed by atoms with Gasteiger partial charge in [0.15, 0.2) is 11.5 Å². The van der Waals surface area contributed by atoms with E-state index in [1.54, 1.807) is 43.3 Å². The number of hydrogen-bond donors (Lipinski definition) is 0. The van der Waals surface area contributed by atoms with Gasteiger partial charge in [0.25, 0.3) is 0 Å². The number of para-hydroxylation sites is 1. The first kappa shape index (κ1) is 17.1. The van der Waals surface area contributed by atoms with E-state index in [4.69, 9.17) is 14.2 Å². The van der Waals surface area contributed by atoms with Gasteiger partial charge in [-0.05, 0) is 30.7 Å². The molecular weight excluding hydrogens is 346 g/mol. The molecule has 7 nitrogen and oxygen atoms in total. The van der Waals surface area contributed by atoms with Crippen LogP contribution >= 0.6 is 0 Å². The number of esters is 1. The third kappa shape index (κ3) is 3.85. The number of carbonyl (C=O) groups is 1. The molecule has 0 atom stereocenters. The number of rotatable bonds is 5. The van der Waals surface area contributed by atoms with Crippen molar-refractivity contribution >= 4 is 21.7 Å². The molecule has 0 unspecified atom stereocenters. The Morgan fingerprint density at radius 1 is 1.16 bits per heavy atom. The Bertz CT molecular complexity index is 909. The number of nitrogens with zero attached hydrogens (tertiary/aromatic N) is 1. The molecule has 0 aromatic heterocycles. The van der Waals surface area contributed by atoms with Crippen molar-refractivity contribution < 1.29 is 27.4 Å². The van der Waals surface area contributed by atoms with Crippen LogP contribution in [0.1, 0.15) is 5.56 Å². The van der Waals surface area contributed by atoms with Crippen molar-refractivity contribution in [3.05, 3.63) is 48.0 Å². The van der Waals surface area contributed by atoms with E-state index in [0.717, 1.165) is 16.1 Å². The average Bonchev–Trinajstić information content (AvgIpc) is 3.00. The normalized spacial score (nSPS) is 12.7. The van der Waals surface area contributed by atoms with Gasteiger partial charge < -0.3 is 14.2 Å². The summed E-state index contributed by atoms with van der Waals surface area (Å²) in [6.07, 6.45) is 1.05. The van der Waals surface area contributed by atoms with E-state index >= 15 is 0 Å². The van der Waals surface area contributed by atoms with E-state index in [1.165, 1.54) is 6.07 Å². The van der Waals surface area contributed by atoms with Gasteiger partial charge in [0.1, 0.15) is 12.3 Å². The fourth-order valence-corrected chi connectivity index (χ4v) is 3.35. The molecule has 0 spiro atoms. The Morgan fingerprint density at radius 3 is 2.60 bits per heavy atom. The lowest BCUT2D eigenvalue weighted by Crippen LogP contribution is -2.37. The molecule has 2 aromatic carbocycles. The predicted octanol–water partition coefficient (Wildman–Crippen LogP) is 2.10. The topological polar surface area (TPSA) is 82.1 Å².